The molecule has 5 N–H and O–H groups in total. The van der Waals surface area contributed by atoms with Gasteiger partial charge >= 0.3 is 5.97 Å². The van der Waals surface area contributed by atoms with Crippen LogP contribution in [0.3, 0.4) is 0 Å². The van der Waals surface area contributed by atoms with E-state index in [4.69, 9.17) is 14.3 Å². The van der Waals surface area contributed by atoms with Crippen LogP contribution in [0.15, 0.2) is 11.6 Å². The van der Waals surface area contributed by atoms with E-state index in [0.717, 1.165) is 63.4 Å². The van der Waals surface area contributed by atoms with Crippen LogP contribution >= 0.6 is 0 Å². The van der Waals surface area contributed by atoms with Gasteiger partial charge in [-0.1, -0.05) is 13.8 Å². The number of carbonyl (C=O) groups is 1. The molecular formula is C30H47NO9. The Balaban J connectivity index is 1.19. The van der Waals surface area contributed by atoms with E-state index in [0.29, 0.717) is 18.4 Å². The second-order valence-corrected chi connectivity index (χ2v) is 14.0. The lowest BCUT2D eigenvalue weighted by atomic mass is 9.43. The molecule has 226 valence electrons. The minimum absolute atomic E-state index is 0.0549. The predicted octanol–water partition coefficient (Wildman–Crippen LogP) is 1.28. The van der Waals surface area contributed by atoms with Crippen LogP contribution < -0.4 is 0 Å². The maximum absolute atomic E-state index is 12.4. The zero-order valence-electron chi connectivity index (χ0n) is 23.9. The molecule has 13 atom stereocenters. The molecule has 0 bridgehead atoms. The molecule has 0 aromatic heterocycles. The highest BCUT2D eigenvalue weighted by atomic mass is 16.7. The summed E-state index contributed by atoms with van der Waals surface area (Å²) in [5.74, 6) is 0.949. The van der Waals surface area contributed by atoms with Crippen molar-refractivity contribution in [1.82, 2.24) is 5.06 Å². The second kappa shape index (κ2) is 10.3. The Morgan fingerprint density at radius 1 is 1.00 bits per heavy atom. The maximum atomic E-state index is 12.4. The highest BCUT2D eigenvalue weighted by Gasteiger charge is 2.68. The number of aliphatic hydroxyl groups excluding tert-OH is 4. The third-order valence-electron chi connectivity index (χ3n) is 12.6. The second-order valence-electron chi connectivity index (χ2n) is 14.0. The minimum Gasteiger partial charge on any atom is -0.458 e. The minimum atomic E-state index is -1.45. The van der Waals surface area contributed by atoms with Gasteiger partial charge in [0.2, 0.25) is 0 Å². The Bertz CT molecular complexity index is 1020. The molecule has 4 saturated carbocycles. The molecule has 5 unspecified atom stereocenters. The number of nitrogens with zero attached hydrogens (tertiary/aromatic N) is 1. The van der Waals surface area contributed by atoms with E-state index >= 15 is 0 Å². The standard InChI is InChI=1S/C30H47NO9/c1-28-9-6-18(31(38-3)27-26(36)25(35)24(34)22(14-32)40-27)13-17(28)4-5-21-20(28)7-10-29(2)19(8-11-30(21,29)37)16-12-23(33)39-15-16/h12,17-22,24-27,32,34-37H,4-11,13-15H2,1-3H3/t17-,18?,19-,20?,21?,22?,24+,25+,26?,27-,28+,29-,30+/m1/s1. The first kappa shape index (κ1) is 29.0. The van der Waals surface area contributed by atoms with Gasteiger partial charge in [-0.15, -0.1) is 0 Å². The van der Waals surface area contributed by atoms with Gasteiger partial charge in [0, 0.05) is 17.5 Å². The summed E-state index contributed by atoms with van der Waals surface area (Å²) in [5, 5.41) is 55.1. The summed E-state index contributed by atoms with van der Waals surface area (Å²) in [7, 11) is 1.53. The molecule has 10 heteroatoms. The molecule has 0 radical (unpaired) electrons. The molecule has 6 rings (SSSR count). The first-order valence-corrected chi connectivity index (χ1v) is 15.2. The van der Waals surface area contributed by atoms with Crippen molar-refractivity contribution >= 4 is 5.97 Å². The third kappa shape index (κ3) is 4.08. The van der Waals surface area contributed by atoms with E-state index in [9.17, 15) is 30.3 Å². The van der Waals surface area contributed by atoms with Crippen LogP contribution in [0, 0.1) is 34.5 Å². The monoisotopic (exact) mass is 565 g/mol. The van der Waals surface area contributed by atoms with E-state index in [2.05, 4.69) is 13.8 Å². The quantitative estimate of drug-likeness (QED) is 0.244. The topological polar surface area (TPSA) is 149 Å². The van der Waals surface area contributed by atoms with Gasteiger partial charge in [-0.25, -0.2) is 4.79 Å². The summed E-state index contributed by atoms with van der Waals surface area (Å²) < 4.78 is 11.1. The first-order chi connectivity index (χ1) is 19.0. The van der Waals surface area contributed by atoms with Gasteiger partial charge in [-0.2, -0.15) is 5.06 Å². The van der Waals surface area contributed by atoms with E-state index in [1.807, 2.05) is 0 Å². The third-order valence-corrected chi connectivity index (χ3v) is 12.6. The van der Waals surface area contributed by atoms with Crippen LogP contribution in [0.4, 0.5) is 0 Å². The molecule has 40 heavy (non-hydrogen) atoms. The highest BCUT2D eigenvalue weighted by molar-refractivity contribution is 5.85. The van der Waals surface area contributed by atoms with Crippen LogP contribution in [-0.2, 0) is 19.1 Å². The van der Waals surface area contributed by atoms with Crippen LogP contribution in [0.5, 0.6) is 0 Å². The zero-order valence-corrected chi connectivity index (χ0v) is 23.9. The van der Waals surface area contributed by atoms with Crippen molar-refractivity contribution in [3.8, 4) is 0 Å². The van der Waals surface area contributed by atoms with Gasteiger partial charge in [-0.05, 0) is 92.4 Å². The lowest BCUT2D eigenvalue weighted by molar-refractivity contribution is -0.344. The Labute approximate surface area is 236 Å². The number of carbonyl (C=O) groups excluding carboxylic acids is 1. The van der Waals surface area contributed by atoms with Crippen LogP contribution in [0.2, 0.25) is 0 Å². The Morgan fingerprint density at radius 3 is 2.45 bits per heavy atom. The van der Waals surface area contributed by atoms with E-state index in [1.165, 1.54) is 7.11 Å². The fraction of sp³-hybridized carbons (Fsp3) is 0.900. The van der Waals surface area contributed by atoms with E-state index in [1.54, 1.807) is 11.1 Å². The summed E-state index contributed by atoms with van der Waals surface area (Å²) in [6.45, 7) is 4.53. The zero-order chi connectivity index (χ0) is 28.6. The molecule has 2 heterocycles. The average molecular weight is 566 g/mol. The van der Waals surface area contributed by atoms with Crippen LogP contribution in [0.1, 0.15) is 71.6 Å². The summed E-state index contributed by atoms with van der Waals surface area (Å²) in [5.41, 5.74) is 0.0988. The van der Waals surface area contributed by atoms with Crippen molar-refractivity contribution in [2.45, 2.75) is 114 Å². The van der Waals surface area contributed by atoms with Gasteiger partial charge in [0.1, 0.15) is 31.0 Å². The fourth-order valence-corrected chi connectivity index (χ4v) is 10.4. The SMILES string of the molecule is CON(C1CC[C@]2(C)C3CC[C@]4(C)[C@@H](C5=CC(=O)OC5)CC[C@]4(O)C3CC[C@@H]2C1)[C@@H]1OC(CO)[C@H](O)[C@H](O)C1O. The number of hydrogen-bond donors (Lipinski definition) is 5. The summed E-state index contributed by atoms with van der Waals surface area (Å²) in [6, 6.07) is -0.0549. The summed E-state index contributed by atoms with van der Waals surface area (Å²) in [6.07, 6.45) is 3.63. The highest BCUT2D eigenvalue weighted by Crippen LogP contribution is 2.70. The van der Waals surface area contributed by atoms with Gasteiger partial charge in [0.25, 0.3) is 0 Å². The Kier molecular flexibility index (Phi) is 7.43. The lowest BCUT2D eigenvalue weighted by Gasteiger charge is -2.64. The number of ether oxygens (including phenoxy) is 2. The predicted molar refractivity (Wildman–Crippen MR) is 142 cm³/mol. The molecule has 10 nitrogen and oxygen atoms in total. The van der Waals surface area contributed by atoms with Gasteiger partial charge in [0.05, 0.1) is 19.3 Å². The molecule has 0 amide bonds. The molecule has 2 aliphatic heterocycles. The van der Waals surface area contributed by atoms with Crippen molar-refractivity contribution in [3.63, 3.8) is 0 Å². The average Bonchev–Trinajstić information content (AvgIpc) is 3.48. The van der Waals surface area contributed by atoms with E-state index in [-0.39, 0.29) is 34.7 Å². The smallest absolute Gasteiger partial charge is 0.331 e. The van der Waals surface area contributed by atoms with Gasteiger partial charge in [0.15, 0.2) is 6.23 Å². The fourth-order valence-electron chi connectivity index (χ4n) is 10.4. The number of hydroxylamine groups is 2. The molecule has 0 aromatic rings. The van der Waals surface area contributed by atoms with Crippen molar-refractivity contribution in [3.05, 3.63) is 11.6 Å². The number of fused-ring (bicyclic) bond motifs is 5. The lowest BCUT2D eigenvalue weighted by Crippen LogP contribution is -2.66. The number of hydrogen-bond acceptors (Lipinski definition) is 10. The van der Waals surface area contributed by atoms with E-state index < -0.39 is 42.9 Å². The molecule has 0 spiro atoms. The molecule has 0 aromatic carbocycles. The molecule has 5 fully saturated rings. The van der Waals surface area contributed by atoms with Gasteiger partial charge in [-0.3, -0.25) is 4.84 Å². The number of cyclic esters (lactones) is 1. The van der Waals surface area contributed by atoms with Crippen molar-refractivity contribution in [1.29, 1.82) is 0 Å². The van der Waals surface area contributed by atoms with Crippen molar-refractivity contribution in [2.75, 3.05) is 20.3 Å². The van der Waals surface area contributed by atoms with Crippen molar-refractivity contribution < 1.29 is 44.6 Å². The van der Waals surface area contributed by atoms with Crippen LogP contribution in [-0.4, -0.2) is 99.2 Å². The molecule has 1 saturated heterocycles. The van der Waals surface area contributed by atoms with Gasteiger partial charge < -0.3 is 35.0 Å². The molecule has 6 aliphatic rings. The Morgan fingerprint density at radius 2 is 1.77 bits per heavy atom. The maximum Gasteiger partial charge on any atom is 0.331 e. The number of esters is 1. The largest absolute Gasteiger partial charge is 0.458 e. The summed E-state index contributed by atoms with van der Waals surface area (Å²) >= 11 is 0. The summed E-state index contributed by atoms with van der Waals surface area (Å²) in [4.78, 5) is 17.6. The van der Waals surface area contributed by atoms with Crippen LogP contribution in [0.25, 0.3) is 0 Å². The Hall–Kier alpha value is -1.11. The van der Waals surface area contributed by atoms with Crippen molar-refractivity contribution in [2.24, 2.45) is 34.5 Å². The normalized spacial score (nSPS) is 52.5. The first-order valence-electron chi connectivity index (χ1n) is 15.2. The molecular weight excluding hydrogens is 518 g/mol. The number of rotatable bonds is 5. The molecule has 4 aliphatic carbocycles. The number of aliphatic hydroxyl groups is 5.